The molecule has 2 atom stereocenters. The summed E-state index contributed by atoms with van der Waals surface area (Å²) in [6, 6.07) is 12.1. The van der Waals surface area contributed by atoms with Crippen LogP contribution in [0.15, 0.2) is 47.8 Å². The zero-order valence-electron chi connectivity index (χ0n) is 12.5. The monoisotopic (exact) mass is 378 g/mol. The molecule has 2 aromatic heterocycles. The summed E-state index contributed by atoms with van der Waals surface area (Å²) in [5, 5.41) is 11.2. The van der Waals surface area contributed by atoms with Crippen LogP contribution in [-0.2, 0) is 9.84 Å². The third-order valence-corrected chi connectivity index (χ3v) is 8.24. The molecule has 1 aliphatic heterocycles. The zero-order chi connectivity index (χ0) is 16.7. The fourth-order valence-electron chi connectivity index (χ4n) is 2.73. The molecule has 1 aliphatic rings. The lowest BCUT2D eigenvalue weighted by Crippen LogP contribution is -2.20. The van der Waals surface area contributed by atoms with E-state index in [2.05, 4.69) is 9.97 Å². The number of hydrogen-bond donors (Lipinski definition) is 1. The van der Waals surface area contributed by atoms with E-state index in [-0.39, 0.29) is 16.8 Å². The highest BCUT2D eigenvalue weighted by molar-refractivity contribution is 8.02. The van der Waals surface area contributed by atoms with Crippen molar-refractivity contribution in [2.24, 2.45) is 0 Å². The van der Waals surface area contributed by atoms with Gasteiger partial charge >= 0.3 is 0 Å². The Labute approximate surface area is 147 Å². The van der Waals surface area contributed by atoms with Crippen LogP contribution in [0.25, 0.3) is 20.7 Å². The van der Waals surface area contributed by atoms with Crippen molar-refractivity contribution in [3.8, 4) is 10.4 Å². The molecule has 0 bridgehead atoms. The molecule has 0 spiro atoms. The summed E-state index contributed by atoms with van der Waals surface area (Å²) in [5.74, 6) is -0.183. The predicted octanol–water partition coefficient (Wildman–Crippen LogP) is 2.61. The third kappa shape index (κ3) is 3.06. The van der Waals surface area contributed by atoms with E-state index in [4.69, 9.17) is 0 Å². The number of thiophene rings is 1. The first-order valence-corrected chi connectivity index (χ1v) is 10.9. The smallest absolute Gasteiger partial charge is 0.154 e. The van der Waals surface area contributed by atoms with Gasteiger partial charge in [-0.2, -0.15) is 0 Å². The van der Waals surface area contributed by atoms with E-state index in [1.54, 1.807) is 11.3 Å². The first kappa shape index (κ1) is 16.0. The summed E-state index contributed by atoms with van der Waals surface area (Å²) in [4.78, 5) is 10.6. The van der Waals surface area contributed by atoms with Gasteiger partial charge in [0.1, 0.15) is 16.2 Å². The number of benzene rings is 1. The molecule has 0 radical (unpaired) electrons. The number of fused-ring (bicyclic) bond motifs is 1. The van der Waals surface area contributed by atoms with Crippen LogP contribution < -0.4 is 0 Å². The second-order valence-corrected chi connectivity index (χ2v) is 10.1. The predicted molar refractivity (Wildman–Crippen MR) is 97.2 cm³/mol. The van der Waals surface area contributed by atoms with Crippen molar-refractivity contribution in [2.75, 3.05) is 11.5 Å². The Morgan fingerprint density at radius 2 is 1.96 bits per heavy atom. The Bertz CT molecular complexity index is 986. The Morgan fingerprint density at radius 1 is 1.17 bits per heavy atom. The fraction of sp³-hybridized carbons (Fsp3) is 0.250. The van der Waals surface area contributed by atoms with E-state index in [0.29, 0.717) is 0 Å². The summed E-state index contributed by atoms with van der Waals surface area (Å²) in [6.45, 7) is 0. The maximum absolute atomic E-state index is 11.7. The number of aromatic nitrogens is 2. The molecule has 3 aromatic rings. The molecule has 124 valence electrons. The van der Waals surface area contributed by atoms with Gasteiger partial charge in [0.15, 0.2) is 9.84 Å². The van der Waals surface area contributed by atoms with Gasteiger partial charge in [0, 0.05) is 10.3 Å². The first-order valence-electron chi connectivity index (χ1n) is 7.37. The standard InChI is InChI=1S/C16H14N2O3S3/c19-12-7-24(20,21)8-14(12)23-16-11-6-13(10-4-2-1-3-5-10)22-15(11)17-9-18-16/h1-6,9,12,14,19H,7-8H2/t12-,14+/m0/s1. The summed E-state index contributed by atoms with van der Waals surface area (Å²) in [5.41, 5.74) is 1.11. The molecule has 0 aliphatic carbocycles. The second kappa shape index (κ2) is 6.11. The van der Waals surface area contributed by atoms with Gasteiger partial charge in [-0.3, -0.25) is 0 Å². The van der Waals surface area contributed by atoms with Gasteiger partial charge in [0.05, 0.1) is 22.9 Å². The number of aliphatic hydroxyl groups is 1. The van der Waals surface area contributed by atoms with Crippen LogP contribution >= 0.6 is 23.1 Å². The molecule has 5 nitrogen and oxygen atoms in total. The molecule has 8 heteroatoms. The highest BCUT2D eigenvalue weighted by Gasteiger charge is 2.37. The van der Waals surface area contributed by atoms with Crippen molar-refractivity contribution >= 4 is 43.2 Å². The summed E-state index contributed by atoms with van der Waals surface area (Å²) in [7, 11) is -3.17. The van der Waals surface area contributed by atoms with E-state index in [1.165, 1.54) is 18.1 Å². The SMILES string of the molecule is O=S1(=O)C[C@H](O)[C@H](Sc2ncnc3sc(-c4ccccc4)cc23)C1. The van der Waals surface area contributed by atoms with Crippen molar-refractivity contribution < 1.29 is 13.5 Å². The van der Waals surface area contributed by atoms with E-state index in [1.807, 2.05) is 36.4 Å². The minimum Gasteiger partial charge on any atom is -0.391 e. The Kier molecular flexibility index (Phi) is 4.07. The van der Waals surface area contributed by atoms with Crippen molar-refractivity contribution in [1.82, 2.24) is 9.97 Å². The highest BCUT2D eigenvalue weighted by Crippen LogP contribution is 2.39. The van der Waals surface area contributed by atoms with Crippen LogP contribution in [0.5, 0.6) is 0 Å². The van der Waals surface area contributed by atoms with Crippen molar-refractivity contribution in [3.05, 3.63) is 42.7 Å². The van der Waals surface area contributed by atoms with Crippen LogP contribution in [-0.4, -0.2) is 46.4 Å². The molecule has 24 heavy (non-hydrogen) atoms. The summed E-state index contributed by atoms with van der Waals surface area (Å²) < 4.78 is 23.4. The molecule has 1 fully saturated rings. The van der Waals surface area contributed by atoms with Crippen LogP contribution in [0.3, 0.4) is 0 Å². The van der Waals surface area contributed by atoms with Gasteiger partial charge in [-0.05, 0) is 11.6 Å². The van der Waals surface area contributed by atoms with E-state index < -0.39 is 15.9 Å². The minimum atomic E-state index is -3.17. The number of sulfone groups is 1. The lowest BCUT2D eigenvalue weighted by atomic mass is 10.2. The second-order valence-electron chi connectivity index (χ2n) is 5.67. The van der Waals surface area contributed by atoms with Crippen molar-refractivity contribution in [2.45, 2.75) is 16.4 Å². The van der Waals surface area contributed by atoms with Crippen LogP contribution in [0.1, 0.15) is 0 Å². The average molecular weight is 379 g/mol. The Balaban J connectivity index is 1.70. The minimum absolute atomic E-state index is 0.0139. The molecular formula is C16H14N2O3S3. The van der Waals surface area contributed by atoms with Gasteiger partial charge in [0.25, 0.3) is 0 Å². The molecule has 0 unspecified atom stereocenters. The number of aliphatic hydroxyl groups excluding tert-OH is 1. The van der Waals surface area contributed by atoms with Crippen LogP contribution in [0, 0.1) is 0 Å². The molecule has 1 N–H and O–H groups in total. The van der Waals surface area contributed by atoms with Gasteiger partial charge in [-0.1, -0.05) is 42.1 Å². The van der Waals surface area contributed by atoms with Gasteiger partial charge in [0.2, 0.25) is 0 Å². The molecule has 1 saturated heterocycles. The van der Waals surface area contributed by atoms with Crippen LogP contribution in [0.2, 0.25) is 0 Å². The quantitative estimate of drug-likeness (QED) is 0.706. The van der Waals surface area contributed by atoms with E-state index in [0.717, 1.165) is 25.7 Å². The largest absolute Gasteiger partial charge is 0.391 e. The lowest BCUT2D eigenvalue weighted by Gasteiger charge is -2.11. The van der Waals surface area contributed by atoms with Gasteiger partial charge < -0.3 is 5.11 Å². The number of hydrogen-bond acceptors (Lipinski definition) is 7. The maximum atomic E-state index is 11.7. The molecule has 0 saturated carbocycles. The third-order valence-electron chi connectivity index (χ3n) is 3.89. The molecule has 4 rings (SSSR count). The number of thioether (sulfide) groups is 1. The van der Waals surface area contributed by atoms with E-state index in [9.17, 15) is 13.5 Å². The van der Waals surface area contributed by atoms with Crippen molar-refractivity contribution in [1.29, 1.82) is 0 Å². The van der Waals surface area contributed by atoms with Gasteiger partial charge in [-0.15, -0.1) is 11.3 Å². The summed E-state index contributed by atoms with van der Waals surface area (Å²) in [6.07, 6.45) is 0.642. The Morgan fingerprint density at radius 3 is 2.67 bits per heavy atom. The molecule has 1 aromatic carbocycles. The first-order chi connectivity index (χ1) is 11.5. The van der Waals surface area contributed by atoms with E-state index >= 15 is 0 Å². The molecular weight excluding hydrogens is 364 g/mol. The number of nitrogens with zero attached hydrogens (tertiary/aromatic N) is 2. The molecule has 0 amide bonds. The topological polar surface area (TPSA) is 80.2 Å². The Hall–Kier alpha value is -1.48. The average Bonchev–Trinajstić information content (AvgIpc) is 3.09. The lowest BCUT2D eigenvalue weighted by molar-refractivity contribution is 0.207. The van der Waals surface area contributed by atoms with Crippen LogP contribution in [0.4, 0.5) is 0 Å². The zero-order valence-corrected chi connectivity index (χ0v) is 14.9. The maximum Gasteiger partial charge on any atom is 0.154 e. The number of rotatable bonds is 3. The van der Waals surface area contributed by atoms with Crippen molar-refractivity contribution in [3.63, 3.8) is 0 Å². The normalized spacial score (nSPS) is 22.9. The fourth-order valence-corrected chi connectivity index (χ4v) is 7.35. The molecule has 3 heterocycles. The van der Waals surface area contributed by atoms with Gasteiger partial charge in [-0.25, -0.2) is 18.4 Å². The highest BCUT2D eigenvalue weighted by atomic mass is 32.2. The summed E-state index contributed by atoms with van der Waals surface area (Å²) >= 11 is 2.90.